The first-order valence-electron chi connectivity index (χ1n) is 12.0. The predicted octanol–water partition coefficient (Wildman–Crippen LogP) is 5.65. The first-order valence-corrected chi connectivity index (χ1v) is 13.4. The number of amides is 1. The normalized spacial score (nSPS) is 15.1. The minimum atomic E-state index is -3.71. The van der Waals surface area contributed by atoms with Crippen molar-refractivity contribution in [3.8, 4) is 0 Å². The van der Waals surface area contributed by atoms with Gasteiger partial charge in [-0.15, -0.1) is 0 Å². The Morgan fingerprint density at radius 1 is 0.861 bits per heavy atom. The predicted molar refractivity (Wildman–Crippen MR) is 143 cm³/mol. The van der Waals surface area contributed by atoms with Gasteiger partial charge >= 0.3 is 0 Å². The van der Waals surface area contributed by atoms with E-state index < -0.39 is 10.0 Å². The summed E-state index contributed by atoms with van der Waals surface area (Å²) in [7, 11) is -3.71. The molecule has 0 saturated heterocycles. The Labute approximate surface area is 212 Å². The molecule has 0 aliphatic carbocycles. The molecule has 0 unspecified atom stereocenters. The number of nitrogens with zero attached hydrogens (tertiary/aromatic N) is 1. The number of hydrogen-bond donors (Lipinski definition) is 1. The second kappa shape index (κ2) is 9.63. The van der Waals surface area contributed by atoms with Crippen LogP contribution in [0.2, 0.25) is 0 Å². The fourth-order valence-electron chi connectivity index (χ4n) is 4.80. The molecular weight excluding hydrogens is 468 g/mol. The summed E-state index contributed by atoms with van der Waals surface area (Å²) in [6.45, 7) is 3.82. The van der Waals surface area contributed by atoms with Gasteiger partial charge in [-0.3, -0.25) is 9.10 Å². The maximum absolute atomic E-state index is 13.4. The molecule has 4 aromatic carbocycles. The van der Waals surface area contributed by atoms with Crippen molar-refractivity contribution in [3.05, 3.63) is 131 Å². The summed E-state index contributed by atoms with van der Waals surface area (Å²) in [4.78, 5) is 13.6. The van der Waals surface area contributed by atoms with Crippen LogP contribution in [-0.4, -0.2) is 20.4 Å². The van der Waals surface area contributed by atoms with Crippen LogP contribution in [0.15, 0.2) is 108 Å². The SMILES string of the molecule is Cc1ccc(S(=O)(=O)N2c3ccc(C(=O)NC(c4ccccc4)c4ccccc4)cc3C[C@@H]2C)cc1. The molecule has 36 heavy (non-hydrogen) atoms. The molecule has 5 nitrogen and oxygen atoms in total. The second-order valence-electron chi connectivity index (χ2n) is 9.24. The molecule has 0 aromatic heterocycles. The zero-order chi connectivity index (χ0) is 25.3. The Morgan fingerprint density at radius 3 is 2.03 bits per heavy atom. The molecule has 0 spiro atoms. The van der Waals surface area contributed by atoms with E-state index in [2.05, 4.69) is 5.32 Å². The maximum Gasteiger partial charge on any atom is 0.264 e. The highest BCUT2D eigenvalue weighted by atomic mass is 32.2. The standard InChI is InChI=1S/C30H28N2O3S/c1-21-13-16-27(17-14-21)36(34,35)32-22(2)19-26-20-25(15-18-28(26)32)30(33)31-29(23-9-5-3-6-10-23)24-11-7-4-8-12-24/h3-18,20,22,29H,19H2,1-2H3,(H,31,33)/t22-/m0/s1. The van der Waals surface area contributed by atoms with Crippen molar-refractivity contribution >= 4 is 21.6 Å². The number of aryl methyl sites for hydroxylation is 1. The van der Waals surface area contributed by atoms with Gasteiger partial charge in [0.15, 0.2) is 0 Å². The van der Waals surface area contributed by atoms with Gasteiger partial charge in [0.25, 0.3) is 15.9 Å². The summed E-state index contributed by atoms with van der Waals surface area (Å²) in [6, 6.07) is 31.3. The molecule has 0 fully saturated rings. The van der Waals surface area contributed by atoms with Gasteiger partial charge in [0, 0.05) is 11.6 Å². The van der Waals surface area contributed by atoms with Gasteiger partial charge in [-0.2, -0.15) is 0 Å². The first-order chi connectivity index (χ1) is 17.3. The minimum Gasteiger partial charge on any atom is -0.341 e. The minimum absolute atomic E-state index is 0.206. The van der Waals surface area contributed by atoms with Gasteiger partial charge in [0.05, 0.1) is 16.6 Å². The highest BCUT2D eigenvalue weighted by Gasteiger charge is 2.36. The highest BCUT2D eigenvalue weighted by molar-refractivity contribution is 7.92. The van der Waals surface area contributed by atoms with Crippen molar-refractivity contribution < 1.29 is 13.2 Å². The summed E-state index contributed by atoms with van der Waals surface area (Å²) < 4.78 is 28.4. The summed E-state index contributed by atoms with van der Waals surface area (Å²) in [5.74, 6) is -0.206. The van der Waals surface area contributed by atoms with E-state index in [1.807, 2.05) is 80.6 Å². The van der Waals surface area contributed by atoms with Gasteiger partial charge in [0.2, 0.25) is 0 Å². The third-order valence-corrected chi connectivity index (χ3v) is 8.56. The topological polar surface area (TPSA) is 66.5 Å². The van der Waals surface area contributed by atoms with Crippen molar-refractivity contribution in [1.29, 1.82) is 0 Å². The molecule has 6 heteroatoms. The van der Waals surface area contributed by atoms with Gasteiger partial charge in [-0.05, 0) is 67.3 Å². The van der Waals surface area contributed by atoms with Crippen molar-refractivity contribution in [1.82, 2.24) is 5.32 Å². The molecular formula is C30H28N2O3S. The average molecular weight is 497 g/mol. The van der Waals surface area contributed by atoms with E-state index in [9.17, 15) is 13.2 Å². The van der Waals surface area contributed by atoms with Crippen LogP contribution in [0.3, 0.4) is 0 Å². The van der Waals surface area contributed by atoms with Crippen LogP contribution in [0.1, 0.15) is 45.6 Å². The quantitative estimate of drug-likeness (QED) is 0.375. The lowest BCUT2D eigenvalue weighted by Crippen LogP contribution is -2.35. The summed E-state index contributed by atoms with van der Waals surface area (Å²) in [5, 5.41) is 3.17. The Hall–Kier alpha value is -3.90. The number of rotatable bonds is 6. The molecule has 0 radical (unpaired) electrons. The molecule has 1 aliphatic rings. The second-order valence-corrected chi connectivity index (χ2v) is 11.1. The Kier molecular flexibility index (Phi) is 6.37. The van der Waals surface area contributed by atoms with E-state index in [0.717, 1.165) is 22.3 Å². The molecule has 1 heterocycles. The molecule has 1 aliphatic heterocycles. The molecule has 0 bridgehead atoms. The van der Waals surface area contributed by atoms with Crippen molar-refractivity contribution in [3.63, 3.8) is 0 Å². The number of sulfonamides is 1. The zero-order valence-corrected chi connectivity index (χ0v) is 21.1. The molecule has 0 saturated carbocycles. The van der Waals surface area contributed by atoms with Crippen LogP contribution < -0.4 is 9.62 Å². The zero-order valence-electron chi connectivity index (χ0n) is 20.3. The van der Waals surface area contributed by atoms with Crippen molar-refractivity contribution in [2.75, 3.05) is 4.31 Å². The van der Waals surface area contributed by atoms with E-state index in [-0.39, 0.29) is 22.9 Å². The molecule has 1 atom stereocenters. The summed E-state index contributed by atoms with van der Waals surface area (Å²) >= 11 is 0. The van der Waals surface area contributed by atoms with E-state index in [0.29, 0.717) is 17.7 Å². The smallest absolute Gasteiger partial charge is 0.264 e. The van der Waals surface area contributed by atoms with Crippen LogP contribution >= 0.6 is 0 Å². The van der Waals surface area contributed by atoms with E-state index >= 15 is 0 Å². The number of anilines is 1. The lowest BCUT2D eigenvalue weighted by molar-refractivity contribution is 0.0943. The van der Waals surface area contributed by atoms with Gasteiger partial charge < -0.3 is 5.32 Å². The number of hydrogen-bond acceptors (Lipinski definition) is 3. The van der Waals surface area contributed by atoms with E-state index in [1.54, 1.807) is 36.4 Å². The lowest BCUT2D eigenvalue weighted by Gasteiger charge is -2.24. The van der Waals surface area contributed by atoms with Gasteiger partial charge in [0.1, 0.15) is 0 Å². The third kappa shape index (κ3) is 4.52. The monoisotopic (exact) mass is 496 g/mol. The van der Waals surface area contributed by atoms with Crippen molar-refractivity contribution in [2.45, 2.75) is 37.2 Å². The van der Waals surface area contributed by atoms with Crippen LogP contribution in [0.5, 0.6) is 0 Å². The molecule has 5 rings (SSSR count). The van der Waals surface area contributed by atoms with E-state index in [1.165, 1.54) is 4.31 Å². The largest absolute Gasteiger partial charge is 0.341 e. The molecule has 1 N–H and O–H groups in total. The summed E-state index contributed by atoms with van der Waals surface area (Å²) in [5.41, 5.74) is 4.96. The fourth-order valence-corrected chi connectivity index (χ4v) is 6.49. The Balaban J connectivity index is 1.44. The number of carbonyl (C=O) groups excluding carboxylic acids is 1. The third-order valence-electron chi connectivity index (χ3n) is 6.61. The van der Waals surface area contributed by atoms with Gasteiger partial charge in [-0.25, -0.2) is 8.42 Å². The number of fused-ring (bicyclic) bond motifs is 1. The van der Waals surface area contributed by atoms with Crippen molar-refractivity contribution in [2.24, 2.45) is 0 Å². The number of carbonyl (C=O) groups is 1. The van der Waals surface area contributed by atoms with Crippen LogP contribution in [-0.2, 0) is 16.4 Å². The number of nitrogens with one attached hydrogen (secondary N) is 1. The van der Waals surface area contributed by atoms with E-state index in [4.69, 9.17) is 0 Å². The lowest BCUT2D eigenvalue weighted by atomic mass is 9.98. The van der Waals surface area contributed by atoms with Crippen LogP contribution in [0.25, 0.3) is 0 Å². The molecule has 1 amide bonds. The summed E-state index contributed by atoms with van der Waals surface area (Å²) in [6.07, 6.45) is 0.544. The average Bonchev–Trinajstić information content (AvgIpc) is 3.24. The fraction of sp³-hybridized carbons (Fsp3) is 0.167. The Bertz CT molecular complexity index is 1450. The molecule has 4 aromatic rings. The number of benzene rings is 4. The first kappa shape index (κ1) is 23.8. The van der Waals surface area contributed by atoms with Crippen LogP contribution in [0, 0.1) is 6.92 Å². The van der Waals surface area contributed by atoms with Crippen LogP contribution in [0.4, 0.5) is 5.69 Å². The molecule has 182 valence electrons. The maximum atomic E-state index is 13.4. The highest BCUT2D eigenvalue weighted by Crippen LogP contribution is 2.37. The van der Waals surface area contributed by atoms with Gasteiger partial charge in [-0.1, -0.05) is 78.4 Å². The Morgan fingerprint density at radius 2 is 1.44 bits per heavy atom.